The predicted octanol–water partition coefficient (Wildman–Crippen LogP) is 1.77. The molecule has 7 heteroatoms. The molecule has 1 aromatic heterocycles. The van der Waals surface area contributed by atoms with Gasteiger partial charge < -0.3 is 19.6 Å². The quantitative estimate of drug-likeness (QED) is 0.863. The lowest BCUT2D eigenvalue weighted by atomic mass is 9.97. The molecule has 21 heavy (non-hydrogen) atoms. The fourth-order valence-electron chi connectivity index (χ4n) is 2.61. The Hall–Kier alpha value is -1.18. The standard InChI is InChI=1S/C14H23N3O3S/c1-16-6-4-10(5-7-16)8-17(2)14-15-11(9-20-3)12(21-14)13(18)19/h10H,4-9H2,1-3H3,(H,18,19). The zero-order valence-electron chi connectivity index (χ0n) is 12.8. The zero-order chi connectivity index (χ0) is 15.4. The van der Waals surface area contributed by atoms with E-state index in [0.29, 0.717) is 11.6 Å². The SMILES string of the molecule is COCc1nc(N(C)CC2CCN(C)CC2)sc1C(=O)O. The van der Waals surface area contributed by atoms with E-state index < -0.39 is 5.97 Å². The van der Waals surface area contributed by atoms with Gasteiger partial charge in [-0.25, -0.2) is 9.78 Å². The summed E-state index contributed by atoms with van der Waals surface area (Å²) in [5.41, 5.74) is 0.514. The summed E-state index contributed by atoms with van der Waals surface area (Å²) in [6.45, 7) is 3.42. The Morgan fingerprint density at radius 1 is 1.52 bits per heavy atom. The third kappa shape index (κ3) is 4.15. The molecule has 6 nitrogen and oxygen atoms in total. The fourth-order valence-corrected chi connectivity index (χ4v) is 3.49. The number of rotatable bonds is 6. The largest absolute Gasteiger partial charge is 0.477 e. The third-order valence-corrected chi connectivity index (χ3v) is 5.06. The van der Waals surface area contributed by atoms with Crippen molar-refractivity contribution in [1.82, 2.24) is 9.88 Å². The van der Waals surface area contributed by atoms with Gasteiger partial charge in [0, 0.05) is 20.7 Å². The normalized spacial score (nSPS) is 17.1. The Labute approximate surface area is 129 Å². The summed E-state index contributed by atoms with van der Waals surface area (Å²) >= 11 is 1.23. The van der Waals surface area contributed by atoms with Gasteiger partial charge in [0.1, 0.15) is 4.88 Å². The van der Waals surface area contributed by atoms with Crippen molar-refractivity contribution in [2.45, 2.75) is 19.4 Å². The van der Waals surface area contributed by atoms with Crippen LogP contribution in [0.3, 0.4) is 0 Å². The van der Waals surface area contributed by atoms with Crippen LogP contribution in [0.25, 0.3) is 0 Å². The lowest BCUT2D eigenvalue weighted by Gasteiger charge is -2.31. The molecule has 0 radical (unpaired) electrons. The molecule has 1 aliphatic heterocycles. The molecule has 0 amide bonds. The summed E-state index contributed by atoms with van der Waals surface area (Å²) in [6.07, 6.45) is 2.37. The average Bonchev–Trinajstić information content (AvgIpc) is 2.86. The molecule has 0 saturated carbocycles. The highest BCUT2D eigenvalue weighted by Crippen LogP contribution is 2.28. The molecule has 1 fully saturated rings. The lowest BCUT2D eigenvalue weighted by molar-refractivity contribution is 0.0697. The van der Waals surface area contributed by atoms with E-state index in [1.54, 1.807) is 7.11 Å². The number of methoxy groups -OCH3 is 1. The van der Waals surface area contributed by atoms with Gasteiger partial charge in [-0.05, 0) is 38.9 Å². The molecular formula is C14H23N3O3S. The first-order valence-corrected chi connectivity index (χ1v) is 7.94. The van der Waals surface area contributed by atoms with Gasteiger partial charge >= 0.3 is 5.97 Å². The lowest BCUT2D eigenvalue weighted by Crippen LogP contribution is -2.35. The molecule has 0 bridgehead atoms. The van der Waals surface area contributed by atoms with Crippen molar-refractivity contribution in [1.29, 1.82) is 0 Å². The second-order valence-corrected chi connectivity index (χ2v) is 6.62. The van der Waals surface area contributed by atoms with Gasteiger partial charge in [-0.1, -0.05) is 11.3 Å². The van der Waals surface area contributed by atoms with Crippen LogP contribution < -0.4 is 4.90 Å². The van der Waals surface area contributed by atoms with Crippen LogP contribution in [0.1, 0.15) is 28.2 Å². The molecule has 118 valence electrons. The van der Waals surface area contributed by atoms with Crippen molar-refractivity contribution < 1.29 is 14.6 Å². The first-order valence-electron chi connectivity index (χ1n) is 7.13. The summed E-state index contributed by atoms with van der Waals surface area (Å²) in [5.74, 6) is -0.284. The minimum atomic E-state index is -0.932. The van der Waals surface area contributed by atoms with Crippen LogP contribution in [0.4, 0.5) is 5.13 Å². The molecule has 1 aromatic rings. The second-order valence-electron chi connectivity index (χ2n) is 5.64. The molecule has 0 unspecified atom stereocenters. The van der Waals surface area contributed by atoms with Crippen LogP contribution in [0.2, 0.25) is 0 Å². The second kappa shape index (κ2) is 7.20. The van der Waals surface area contributed by atoms with Crippen LogP contribution >= 0.6 is 11.3 Å². The monoisotopic (exact) mass is 313 g/mol. The molecule has 0 spiro atoms. The molecule has 0 aromatic carbocycles. The number of thiazole rings is 1. The maximum Gasteiger partial charge on any atom is 0.347 e. The van der Waals surface area contributed by atoms with E-state index in [-0.39, 0.29) is 11.5 Å². The number of likely N-dealkylation sites (tertiary alicyclic amines) is 1. The summed E-state index contributed by atoms with van der Waals surface area (Å²) in [6, 6.07) is 0. The van der Waals surface area contributed by atoms with Gasteiger partial charge in [-0.3, -0.25) is 0 Å². The van der Waals surface area contributed by atoms with Crippen LogP contribution in [0, 0.1) is 5.92 Å². The van der Waals surface area contributed by atoms with E-state index in [9.17, 15) is 9.90 Å². The molecule has 0 aliphatic carbocycles. The molecule has 2 heterocycles. The van der Waals surface area contributed by atoms with E-state index in [4.69, 9.17) is 4.74 Å². The summed E-state index contributed by atoms with van der Waals surface area (Å²) in [4.78, 5) is 20.4. The number of aromatic nitrogens is 1. The van der Waals surface area contributed by atoms with Gasteiger partial charge in [-0.2, -0.15) is 0 Å². The zero-order valence-corrected chi connectivity index (χ0v) is 13.7. The van der Waals surface area contributed by atoms with Crippen molar-refractivity contribution in [3.05, 3.63) is 10.6 Å². The van der Waals surface area contributed by atoms with E-state index in [0.717, 1.165) is 24.8 Å². The first-order chi connectivity index (χ1) is 10.0. The van der Waals surface area contributed by atoms with Crippen molar-refractivity contribution >= 4 is 22.4 Å². The van der Waals surface area contributed by atoms with Gasteiger partial charge in [0.05, 0.1) is 12.3 Å². The summed E-state index contributed by atoms with van der Waals surface area (Å²) < 4.78 is 5.03. The maximum atomic E-state index is 11.2. The van der Waals surface area contributed by atoms with Crippen molar-refractivity contribution in [3.63, 3.8) is 0 Å². The van der Waals surface area contributed by atoms with Gasteiger partial charge in [0.15, 0.2) is 5.13 Å². The molecule has 1 aliphatic rings. The van der Waals surface area contributed by atoms with E-state index in [1.165, 1.54) is 24.2 Å². The summed E-state index contributed by atoms with van der Waals surface area (Å²) in [7, 11) is 5.68. The van der Waals surface area contributed by atoms with Gasteiger partial charge in [-0.15, -0.1) is 0 Å². The Morgan fingerprint density at radius 3 is 2.76 bits per heavy atom. The van der Waals surface area contributed by atoms with Crippen LogP contribution in [-0.4, -0.2) is 61.8 Å². The molecule has 2 rings (SSSR count). The number of piperidine rings is 1. The number of ether oxygens (including phenoxy) is 1. The number of anilines is 1. The Balaban J connectivity index is 2.03. The number of carbonyl (C=O) groups is 1. The predicted molar refractivity (Wildman–Crippen MR) is 83.3 cm³/mol. The molecule has 1 N–H and O–H groups in total. The molecule has 0 atom stereocenters. The smallest absolute Gasteiger partial charge is 0.347 e. The number of aromatic carboxylic acids is 1. The molecule has 1 saturated heterocycles. The van der Waals surface area contributed by atoms with Crippen LogP contribution in [-0.2, 0) is 11.3 Å². The van der Waals surface area contributed by atoms with Gasteiger partial charge in [0.25, 0.3) is 0 Å². The summed E-state index contributed by atoms with van der Waals surface area (Å²) in [5, 5.41) is 9.99. The Kier molecular flexibility index (Phi) is 5.55. The average molecular weight is 313 g/mol. The minimum absolute atomic E-state index is 0.236. The van der Waals surface area contributed by atoms with Crippen molar-refractivity contribution in [2.75, 3.05) is 45.7 Å². The third-order valence-electron chi connectivity index (χ3n) is 3.86. The fraction of sp³-hybridized carbons (Fsp3) is 0.714. The highest BCUT2D eigenvalue weighted by atomic mass is 32.1. The van der Waals surface area contributed by atoms with Crippen molar-refractivity contribution in [3.8, 4) is 0 Å². The minimum Gasteiger partial charge on any atom is -0.477 e. The van der Waals surface area contributed by atoms with E-state index in [2.05, 4.69) is 21.8 Å². The van der Waals surface area contributed by atoms with Crippen LogP contribution in [0.5, 0.6) is 0 Å². The van der Waals surface area contributed by atoms with E-state index in [1.807, 2.05) is 7.05 Å². The Bertz CT molecular complexity index is 484. The van der Waals surface area contributed by atoms with Crippen molar-refractivity contribution in [2.24, 2.45) is 5.92 Å². The first kappa shape index (κ1) is 16.2. The number of carboxylic acids is 1. The molecular weight excluding hydrogens is 290 g/mol. The highest BCUT2D eigenvalue weighted by Gasteiger charge is 2.22. The number of nitrogens with zero attached hydrogens (tertiary/aromatic N) is 3. The maximum absolute atomic E-state index is 11.2. The Morgan fingerprint density at radius 2 is 2.19 bits per heavy atom. The van der Waals surface area contributed by atoms with Crippen LogP contribution in [0.15, 0.2) is 0 Å². The highest BCUT2D eigenvalue weighted by molar-refractivity contribution is 7.17. The van der Waals surface area contributed by atoms with Gasteiger partial charge in [0.2, 0.25) is 0 Å². The van der Waals surface area contributed by atoms with E-state index >= 15 is 0 Å². The topological polar surface area (TPSA) is 65.9 Å². The number of carboxylic acid groups (broad SMARTS) is 1. The number of hydrogen-bond acceptors (Lipinski definition) is 6. The number of hydrogen-bond donors (Lipinski definition) is 1.